The summed E-state index contributed by atoms with van der Waals surface area (Å²) < 4.78 is 78.3. The molecule has 14 heavy (non-hydrogen) atoms. The van der Waals surface area contributed by atoms with Crippen molar-refractivity contribution in [2.45, 2.75) is 31.6 Å². The zero-order valence-corrected chi connectivity index (χ0v) is 7.59. The molecule has 0 aromatic carbocycles. The van der Waals surface area contributed by atoms with Gasteiger partial charge in [0.2, 0.25) is 0 Å². The monoisotopic (exact) mass is 224 g/mol. The molecule has 0 aromatic rings. The van der Waals surface area contributed by atoms with Crippen LogP contribution in [0.1, 0.15) is 13.8 Å². The number of hydrogen-bond donors (Lipinski definition) is 0. The summed E-state index contributed by atoms with van der Waals surface area (Å²) in [6, 6.07) is 0. The van der Waals surface area contributed by atoms with E-state index < -0.39 is 24.4 Å². The van der Waals surface area contributed by atoms with Gasteiger partial charge in [-0.2, -0.15) is 26.3 Å². The summed E-state index contributed by atoms with van der Waals surface area (Å²) >= 11 is 0. The molecule has 0 N–H and O–H groups in total. The van der Waals surface area contributed by atoms with E-state index in [1.165, 1.54) is 6.92 Å². The summed E-state index contributed by atoms with van der Waals surface area (Å²) in [7, 11) is 0. The van der Waals surface area contributed by atoms with Crippen molar-refractivity contribution in [2.24, 2.45) is 0 Å². The molecule has 0 bridgehead atoms. The largest absolute Gasteiger partial charge is 0.375 e. The molecule has 0 aromatic heterocycles. The molecule has 0 fully saturated rings. The number of ether oxygens (including phenoxy) is 1. The normalized spacial score (nSPS) is 14.6. The molecule has 0 aliphatic rings. The Morgan fingerprint density at radius 3 is 1.71 bits per heavy atom. The van der Waals surface area contributed by atoms with Crippen molar-refractivity contribution in [2.75, 3.05) is 13.2 Å². The molecular weight excluding hydrogens is 214 g/mol. The van der Waals surface area contributed by atoms with Gasteiger partial charge in [0.15, 0.2) is 0 Å². The van der Waals surface area contributed by atoms with Crippen LogP contribution in [0.5, 0.6) is 0 Å². The first kappa shape index (κ1) is 13.5. The fourth-order valence-corrected chi connectivity index (χ4v) is 0.642. The Balaban J connectivity index is 4.69. The Morgan fingerprint density at radius 2 is 1.43 bits per heavy atom. The number of hydrogen-bond acceptors (Lipinski definition) is 1. The Bertz CT molecular complexity index is 185. The first-order valence-electron chi connectivity index (χ1n) is 3.77. The van der Waals surface area contributed by atoms with Crippen LogP contribution in [0.25, 0.3) is 0 Å². The average molecular weight is 224 g/mol. The highest BCUT2D eigenvalue weighted by Gasteiger charge is 2.69. The Hall–Kier alpha value is -0.460. The molecule has 0 unspecified atom stereocenters. The maximum Gasteiger partial charge on any atom is 0.373 e. The molecule has 0 saturated carbocycles. The lowest BCUT2D eigenvalue weighted by Gasteiger charge is -2.30. The van der Waals surface area contributed by atoms with E-state index in [1.807, 2.05) is 0 Å². The third-order valence-corrected chi connectivity index (χ3v) is 1.50. The van der Waals surface area contributed by atoms with Crippen LogP contribution in [0.15, 0.2) is 0 Å². The van der Waals surface area contributed by atoms with Crippen molar-refractivity contribution in [3.8, 4) is 0 Å². The van der Waals surface area contributed by atoms with Crippen LogP contribution in [0, 0.1) is 0 Å². The van der Waals surface area contributed by atoms with E-state index in [0.717, 1.165) is 0 Å². The highest BCUT2D eigenvalue weighted by atomic mass is 19.3. The maximum atomic E-state index is 12.5. The zero-order chi connectivity index (χ0) is 11.6. The van der Waals surface area contributed by atoms with Crippen molar-refractivity contribution in [1.29, 1.82) is 0 Å². The van der Waals surface area contributed by atoms with Crippen LogP contribution < -0.4 is 0 Å². The quantitative estimate of drug-likeness (QED) is 0.652. The smallest absolute Gasteiger partial charge is 0.373 e. The van der Waals surface area contributed by atoms with Crippen molar-refractivity contribution in [3.63, 3.8) is 0 Å². The van der Waals surface area contributed by atoms with Crippen LogP contribution in [0.2, 0.25) is 0 Å². The third kappa shape index (κ3) is 2.52. The molecule has 0 atom stereocenters. The molecule has 0 heterocycles. The molecule has 0 spiro atoms. The minimum absolute atomic E-state index is 0.249. The lowest BCUT2D eigenvalue weighted by atomic mass is 10.1. The number of halogens is 6. The summed E-state index contributed by atoms with van der Waals surface area (Å²) in [5.74, 6) is -15.1. The first-order chi connectivity index (χ1) is 6.06. The van der Waals surface area contributed by atoms with Crippen molar-refractivity contribution >= 4 is 0 Å². The molecule has 86 valence electrons. The van der Waals surface area contributed by atoms with Gasteiger partial charge in [0, 0.05) is 13.5 Å². The van der Waals surface area contributed by atoms with Crippen LogP contribution >= 0.6 is 0 Å². The van der Waals surface area contributed by atoms with Crippen LogP contribution in [0.3, 0.4) is 0 Å². The second-order valence-electron chi connectivity index (χ2n) is 2.80. The second kappa shape index (κ2) is 3.96. The minimum Gasteiger partial charge on any atom is -0.375 e. The van der Waals surface area contributed by atoms with E-state index >= 15 is 0 Å². The van der Waals surface area contributed by atoms with Gasteiger partial charge in [-0.15, -0.1) is 0 Å². The van der Waals surface area contributed by atoms with Gasteiger partial charge in [-0.1, -0.05) is 0 Å². The van der Waals surface area contributed by atoms with Crippen molar-refractivity contribution in [1.82, 2.24) is 0 Å². The SMILES string of the molecule is CCOCC(F)(F)C(F)(F)C(C)(F)F. The molecular formula is C7H10F6O. The van der Waals surface area contributed by atoms with Crippen LogP contribution in [-0.2, 0) is 4.74 Å². The Kier molecular flexibility index (Phi) is 3.83. The number of rotatable bonds is 5. The maximum absolute atomic E-state index is 12.5. The summed E-state index contributed by atoms with van der Waals surface area (Å²) in [5, 5.41) is 0. The zero-order valence-electron chi connectivity index (χ0n) is 7.59. The number of alkyl halides is 6. The lowest BCUT2D eigenvalue weighted by Crippen LogP contribution is -2.54. The summed E-state index contributed by atoms with van der Waals surface area (Å²) in [4.78, 5) is 0. The topological polar surface area (TPSA) is 9.23 Å². The molecule has 0 saturated heterocycles. The van der Waals surface area contributed by atoms with Gasteiger partial charge < -0.3 is 4.74 Å². The molecule has 7 heteroatoms. The van der Waals surface area contributed by atoms with Crippen molar-refractivity contribution in [3.05, 3.63) is 0 Å². The van der Waals surface area contributed by atoms with E-state index in [2.05, 4.69) is 4.74 Å². The van der Waals surface area contributed by atoms with Gasteiger partial charge in [-0.3, -0.25) is 0 Å². The van der Waals surface area contributed by atoms with Crippen molar-refractivity contribution < 1.29 is 31.1 Å². The highest BCUT2D eigenvalue weighted by molar-refractivity contribution is 4.93. The average Bonchev–Trinajstić information content (AvgIpc) is 1.98. The lowest BCUT2D eigenvalue weighted by molar-refractivity contribution is -0.313. The van der Waals surface area contributed by atoms with Gasteiger partial charge in [-0.25, -0.2) is 0 Å². The fraction of sp³-hybridized carbons (Fsp3) is 1.00. The van der Waals surface area contributed by atoms with Gasteiger partial charge >= 0.3 is 17.8 Å². The molecule has 0 aliphatic carbocycles. The van der Waals surface area contributed by atoms with Gasteiger partial charge in [0.1, 0.15) is 6.61 Å². The predicted octanol–water partition coefficient (Wildman–Crippen LogP) is 2.95. The summed E-state index contributed by atoms with van der Waals surface area (Å²) in [5.41, 5.74) is 0. The third-order valence-electron chi connectivity index (χ3n) is 1.50. The van der Waals surface area contributed by atoms with E-state index in [0.29, 0.717) is 0 Å². The van der Waals surface area contributed by atoms with Gasteiger partial charge in [0.25, 0.3) is 0 Å². The van der Waals surface area contributed by atoms with Gasteiger partial charge in [-0.05, 0) is 6.92 Å². The molecule has 0 amide bonds. The minimum atomic E-state index is -5.41. The Labute approximate surface area is 77.0 Å². The fourth-order valence-electron chi connectivity index (χ4n) is 0.642. The van der Waals surface area contributed by atoms with E-state index in [-0.39, 0.29) is 13.5 Å². The van der Waals surface area contributed by atoms with Crippen LogP contribution in [-0.4, -0.2) is 31.0 Å². The Morgan fingerprint density at radius 1 is 1.00 bits per heavy atom. The molecule has 0 aliphatic heterocycles. The summed E-state index contributed by atoms with van der Waals surface area (Å²) in [6.45, 7) is -0.938. The summed E-state index contributed by atoms with van der Waals surface area (Å²) in [6.07, 6.45) is 0. The standard InChI is InChI=1S/C7H10F6O/c1-3-14-4-6(10,11)7(12,13)5(2,8)9/h3-4H2,1-2H3. The van der Waals surface area contributed by atoms with E-state index in [9.17, 15) is 26.3 Å². The first-order valence-corrected chi connectivity index (χ1v) is 3.77. The molecule has 1 nitrogen and oxygen atoms in total. The highest BCUT2D eigenvalue weighted by Crippen LogP contribution is 2.45. The molecule has 0 radical (unpaired) electrons. The molecule has 0 rings (SSSR count). The van der Waals surface area contributed by atoms with Gasteiger partial charge in [0.05, 0.1) is 0 Å². The van der Waals surface area contributed by atoms with Crippen LogP contribution in [0.4, 0.5) is 26.3 Å². The second-order valence-corrected chi connectivity index (χ2v) is 2.80. The van der Waals surface area contributed by atoms with E-state index in [4.69, 9.17) is 0 Å². The predicted molar refractivity (Wildman–Crippen MR) is 37.0 cm³/mol. The van der Waals surface area contributed by atoms with E-state index in [1.54, 1.807) is 0 Å².